The molecule has 2 aromatic carbocycles. The number of fused-ring (bicyclic) bond motifs is 1. The van der Waals surface area contributed by atoms with E-state index in [2.05, 4.69) is 9.88 Å². The summed E-state index contributed by atoms with van der Waals surface area (Å²) in [6, 6.07) is 12.7. The SMILES string of the molecule is O=C(c1ccc2c(c1)ncn2CCO)N1CCN(c2ccc(O)cc2)CC1. The zero-order chi connectivity index (χ0) is 18.8. The Labute approximate surface area is 157 Å². The highest BCUT2D eigenvalue weighted by Gasteiger charge is 2.22. The number of carbonyl (C=O) groups is 1. The van der Waals surface area contributed by atoms with Crippen LogP contribution in [0.15, 0.2) is 48.8 Å². The van der Waals surface area contributed by atoms with Crippen molar-refractivity contribution in [2.75, 3.05) is 37.7 Å². The van der Waals surface area contributed by atoms with Crippen molar-refractivity contribution in [1.82, 2.24) is 14.5 Å². The van der Waals surface area contributed by atoms with E-state index in [0.29, 0.717) is 25.2 Å². The molecule has 1 aliphatic rings. The second-order valence-corrected chi connectivity index (χ2v) is 6.66. The van der Waals surface area contributed by atoms with Crippen molar-refractivity contribution in [3.8, 4) is 5.75 Å². The molecule has 1 amide bonds. The van der Waals surface area contributed by atoms with E-state index >= 15 is 0 Å². The van der Waals surface area contributed by atoms with Crippen LogP contribution in [0.2, 0.25) is 0 Å². The highest BCUT2D eigenvalue weighted by atomic mass is 16.3. The molecular weight excluding hydrogens is 344 g/mol. The number of aliphatic hydroxyl groups is 1. The lowest BCUT2D eigenvalue weighted by molar-refractivity contribution is 0.0747. The Hall–Kier alpha value is -3.06. The number of carbonyl (C=O) groups excluding carboxylic acids is 1. The van der Waals surface area contributed by atoms with Gasteiger partial charge in [0, 0.05) is 44.0 Å². The fraction of sp³-hybridized carbons (Fsp3) is 0.300. The first-order chi connectivity index (χ1) is 13.2. The third kappa shape index (κ3) is 3.46. The lowest BCUT2D eigenvalue weighted by atomic mass is 10.1. The van der Waals surface area contributed by atoms with Crippen LogP contribution in [-0.2, 0) is 6.54 Å². The van der Waals surface area contributed by atoms with Gasteiger partial charge in [-0.05, 0) is 42.5 Å². The quantitative estimate of drug-likeness (QED) is 0.734. The first-order valence-corrected chi connectivity index (χ1v) is 9.05. The molecule has 0 unspecified atom stereocenters. The number of aromatic hydroxyl groups is 1. The van der Waals surface area contributed by atoms with E-state index in [1.165, 1.54) is 0 Å². The van der Waals surface area contributed by atoms with Crippen LogP contribution in [0.4, 0.5) is 5.69 Å². The van der Waals surface area contributed by atoms with Crippen molar-refractivity contribution in [2.24, 2.45) is 0 Å². The Morgan fingerprint density at radius 3 is 2.48 bits per heavy atom. The van der Waals surface area contributed by atoms with Gasteiger partial charge in [-0.1, -0.05) is 0 Å². The number of phenols is 1. The van der Waals surface area contributed by atoms with Crippen LogP contribution in [0.5, 0.6) is 5.75 Å². The van der Waals surface area contributed by atoms with Gasteiger partial charge in [0.25, 0.3) is 5.91 Å². The number of anilines is 1. The molecule has 3 aromatic rings. The summed E-state index contributed by atoms with van der Waals surface area (Å²) in [4.78, 5) is 21.3. The molecule has 1 fully saturated rings. The average molecular weight is 366 g/mol. The molecule has 0 saturated carbocycles. The fourth-order valence-corrected chi connectivity index (χ4v) is 3.50. The highest BCUT2D eigenvalue weighted by molar-refractivity contribution is 5.97. The zero-order valence-electron chi connectivity index (χ0n) is 15.0. The van der Waals surface area contributed by atoms with E-state index < -0.39 is 0 Å². The van der Waals surface area contributed by atoms with Gasteiger partial charge in [0.05, 0.1) is 24.0 Å². The Morgan fingerprint density at radius 2 is 1.78 bits per heavy atom. The van der Waals surface area contributed by atoms with Crippen LogP contribution >= 0.6 is 0 Å². The van der Waals surface area contributed by atoms with Crippen LogP contribution in [0, 0.1) is 0 Å². The molecule has 0 aliphatic carbocycles. The van der Waals surface area contributed by atoms with Gasteiger partial charge < -0.3 is 24.6 Å². The van der Waals surface area contributed by atoms with Crippen LogP contribution in [-0.4, -0.2) is 63.4 Å². The molecule has 2 heterocycles. The number of aromatic nitrogens is 2. The molecule has 0 atom stereocenters. The van der Waals surface area contributed by atoms with Crippen LogP contribution in [0.3, 0.4) is 0 Å². The Morgan fingerprint density at radius 1 is 1.04 bits per heavy atom. The number of imidazole rings is 1. The summed E-state index contributed by atoms with van der Waals surface area (Å²) in [5.74, 6) is 0.267. The third-order valence-corrected chi connectivity index (χ3v) is 4.99. The minimum absolute atomic E-state index is 0.0129. The standard InChI is InChI=1S/C20H22N4O3/c25-12-11-24-14-21-18-13-15(1-6-19(18)24)20(27)23-9-7-22(8-10-23)16-2-4-17(26)5-3-16/h1-6,13-14,25-26H,7-12H2. The number of rotatable bonds is 4. The van der Waals surface area contributed by atoms with E-state index in [4.69, 9.17) is 5.11 Å². The predicted molar refractivity (Wildman–Crippen MR) is 103 cm³/mol. The molecule has 1 saturated heterocycles. The lowest BCUT2D eigenvalue weighted by Crippen LogP contribution is -2.48. The van der Waals surface area contributed by atoms with Crippen molar-refractivity contribution in [3.05, 3.63) is 54.4 Å². The number of amides is 1. The van der Waals surface area contributed by atoms with Gasteiger partial charge in [-0.15, -0.1) is 0 Å². The minimum atomic E-state index is 0.0129. The molecular formula is C20H22N4O3. The highest BCUT2D eigenvalue weighted by Crippen LogP contribution is 2.21. The van der Waals surface area contributed by atoms with Gasteiger partial charge in [0.2, 0.25) is 0 Å². The number of hydrogen-bond donors (Lipinski definition) is 2. The summed E-state index contributed by atoms with van der Waals surface area (Å²) < 4.78 is 1.88. The topological polar surface area (TPSA) is 81.8 Å². The summed E-state index contributed by atoms with van der Waals surface area (Å²) in [6.07, 6.45) is 1.69. The van der Waals surface area contributed by atoms with Crippen molar-refractivity contribution in [2.45, 2.75) is 6.54 Å². The van der Waals surface area contributed by atoms with Crippen molar-refractivity contribution < 1.29 is 15.0 Å². The molecule has 4 rings (SSSR count). The molecule has 1 aromatic heterocycles. The number of hydrogen-bond acceptors (Lipinski definition) is 5. The summed E-state index contributed by atoms with van der Waals surface area (Å²) >= 11 is 0. The van der Waals surface area contributed by atoms with Crippen LogP contribution < -0.4 is 4.90 Å². The Balaban J connectivity index is 1.44. The number of piperazine rings is 1. The number of nitrogens with zero attached hydrogens (tertiary/aromatic N) is 4. The molecule has 7 nitrogen and oxygen atoms in total. The maximum Gasteiger partial charge on any atom is 0.254 e. The Kier molecular flexibility index (Phi) is 4.68. The summed E-state index contributed by atoms with van der Waals surface area (Å²) in [6.45, 7) is 3.35. The molecule has 2 N–H and O–H groups in total. The molecule has 27 heavy (non-hydrogen) atoms. The summed E-state index contributed by atoms with van der Waals surface area (Å²) in [5, 5.41) is 18.5. The second kappa shape index (κ2) is 7.28. The lowest BCUT2D eigenvalue weighted by Gasteiger charge is -2.36. The van der Waals surface area contributed by atoms with E-state index in [1.54, 1.807) is 18.5 Å². The van der Waals surface area contributed by atoms with E-state index in [-0.39, 0.29) is 18.3 Å². The van der Waals surface area contributed by atoms with Gasteiger partial charge in [0.1, 0.15) is 5.75 Å². The first-order valence-electron chi connectivity index (χ1n) is 9.05. The van der Waals surface area contributed by atoms with Crippen LogP contribution in [0.25, 0.3) is 11.0 Å². The fourth-order valence-electron chi connectivity index (χ4n) is 3.50. The minimum Gasteiger partial charge on any atom is -0.508 e. The Bertz CT molecular complexity index is 944. The third-order valence-electron chi connectivity index (χ3n) is 4.99. The van der Waals surface area contributed by atoms with E-state index in [9.17, 15) is 9.90 Å². The number of benzene rings is 2. The van der Waals surface area contributed by atoms with Gasteiger partial charge in [-0.3, -0.25) is 4.79 Å². The normalized spacial score (nSPS) is 14.7. The van der Waals surface area contributed by atoms with Crippen molar-refractivity contribution in [1.29, 1.82) is 0 Å². The summed E-state index contributed by atoms with van der Waals surface area (Å²) in [7, 11) is 0. The maximum atomic E-state index is 12.9. The zero-order valence-corrected chi connectivity index (χ0v) is 15.0. The number of aliphatic hydroxyl groups excluding tert-OH is 1. The molecule has 7 heteroatoms. The molecule has 0 bridgehead atoms. The van der Waals surface area contributed by atoms with E-state index in [0.717, 1.165) is 29.8 Å². The molecule has 0 spiro atoms. The predicted octanol–water partition coefficient (Wildman–Crippen LogP) is 1.70. The van der Waals surface area contributed by atoms with Crippen molar-refractivity contribution in [3.63, 3.8) is 0 Å². The molecule has 0 radical (unpaired) electrons. The smallest absolute Gasteiger partial charge is 0.254 e. The van der Waals surface area contributed by atoms with Crippen molar-refractivity contribution >= 4 is 22.6 Å². The summed E-state index contributed by atoms with van der Waals surface area (Å²) in [5.41, 5.74) is 3.36. The maximum absolute atomic E-state index is 12.9. The van der Waals surface area contributed by atoms with E-state index in [1.807, 2.05) is 39.8 Å². The van der Waals surface area contributed by atoms with Gasteiger partial charge in [-0.25, -0.2) is 4.98 Å². The van der Waals surface area contributed by atoms with Gasteiger partial charge in [-0.2, -0.15) is 0 Å². The number of phenolic OH excluding ortho intramolecular Hbond substituents is 1. The average Bonchev–Trinajstić information content (AvgIpc) is 3.11. The van der Waals surface area contributed by atoms with Crippen LogP contribution in [0.1, 0.15) is 10.4 Å². The monoisotopic (exact) mass is 366 g/mol. The molecule has 140 valence electrons. The van der Waals surface area contributed by atoms with Gasteiger partial charge in [0.15, 0.2) is 0 Å². The first kappa shape index (κ1) is 17.4. The second-order valence-electron chi connectivity index (χ2n) is 6.66. The largest absolute Gasteiger partial charge is 0.508 e. The van der Waals surface area contributed by atoms with Gasteiger partial charge >= 0.3 is 0 Å². The molecule has 1 aliphatic heterocycles.